The number of nitrogens with one attached hydrogen (secondary N) is 2. The number of halogens is 1. The number of ether oxygens (including phenoxy) is 2. The summed E-state index contributed by atoms with van der Waals surface area (Å²) in [4.78, 5) is 4.23. The highest BCUT2D eigenvalue weighted by molar-refractivity contribution is 14.0. The molecule has 0 saturated heterocycles. The zero-order chi connectivity index (χ0) is 18.2. The van der Waals surface area contributed by atoms with Gasteiger partial charge in [-0.2, -0.15) is 0 Å². The maximum absolute atomic E-state index is 9.97. The average Bonchev–Trinajstić information content (AvgIpc) is 2.64. The topological polar surface area (TPSA) is 75.1 Å². The second-order valence-electron chi connectivity index (χ2n) is 5.55. The second-order valence-corrected chi connectivity index (χ2v) is 5.55. The van der Waals surface area contributed by atoms with E-state index >= 15 is 0 Å². The van der Waals surface area contributed by atoms with Crippen LogP contribution in [-0.2, 0) is 13.1 Å². The lowest BCUT2D eigenvalue weighted by Gasteiger charge is -2.15. The lowest BCUT2D eigenvalue weighted by atomic mass is 10.1. The van der Waals surface area contributed by atoms with Crippen LogP contribution in [0.25, 0.3) is 0 Å². The van der Waals surface area contributed by atoms with E-state index < -0.39 is 0 Å². The molecule has 0 bridgehead atoms. The molecule has 7 heteroatoms. The van der Waals surface area contributed by atoms with E-state index in [1.54, 1.807) is 19.2 Å². The Balaban J connectivity index is 0.00000338. The molecule has 0 saturated carbocycles. The van der Waals surface area contributed by atoms with E-state index in [1.165, 1.54) is 25.3 Å². The van der Waals surface area contributed by atoms with Crippen molar-refractivity contribution in [2.24, 2.45) is 4.99 Å². The number of aliphatic imine (C=N–C) groups is 1. The highest BCUT2D eigenvalue weighted by Gasteiger charge is 2.11. The van der Waals surface area contributed by atoms with Crippen molar-refractivity contribution < 1.29 is 14.6 Å². The summed E-state index contributed by atoms with van der Waals surface area (Å²) in [6, 6.07) is 11.7. The lowest BCUT2D eigenvalue weighted by Crippen LogP contribution is -2.36. The summed E-state index contributed by atoms with van der Waals surface area (Å²) < 4.78 is 10.4. The Morgan fingerprint density at radius 1 is 1.04 bits per heavy atom. The predicted octanol–water partition coefficient (Wildman–Crippen LogP) is 3.20. The molecular formula is C19H26IN3O3. The molecule has 0 heterocycles. The highest BCUT2D eigenvalue weighted by Crippen LogP contribution is 2.36. The molecule has 2 aromatic carbocycles. The summed E-state index contributed by atoms with van der Waals surface area (Å²) in [5.41, 5.74) is 3.36. The smallest absolute Gasteiger partial charge is 0.200 e. The van der Waals surface area contributed by atoms with Crippen LogP contribution in [0.5, 0.6) is 17.2 Å². The van der Waals surface area contributed by atoms with Crippen LogP contribution in [0.1, 0.15) is 16.7 Å². The fourth-order valence-electron chi connectivity index (χ4n) is 2.44. The Labute approximate surface area is 171 Å². The fraction of sp³-hybridized carbons (Fsp3) is 0.316. The van der Waals surface area contributed by atoms with Gasteiger partial charge in [0.1, 0.15) is 0 Å². The van der Waals surface area contributed by atoms with Gasteiger partial charge in [-0.25, -0.2) is 0 Å². The summed E-state index contributed by atoms with van der Waals surface area (Å²) >= 11 is 0. The number of aryl methyl sites for hydroxylation is 1. The molecule has 0 aliphatic carbocycles. The van der Waals surface area contributed by atoms with Gasteiger partial charge in [0.25, 0.3) is 0 Å². The first-order valence-corrected chi connectivity index (χ1v) is 8.02. The van der Waals surface area contributed by atoms with Gasteiger partial charge in [0.15, 0.2) is 17.5 Å². The van der Waals surface area contributed by atoms with Crippen LogP contribution in [0.3, 0.4) is 0 Å². The number of hydrogen-bond donors (Lipinski definition) is 3. The van der Waals surface area contributed by atoms with Gasteiger partial charge in [-0.3, -0.25) is 4.99 Å². The Kier molecular flexibility index (Phi) is 9.04. The molecule has 26 heavy (non-hydrogen) atoms. The number of rotatable bonds is 6. The number of methoxy groups -OCH3 is 2. The van der Waals surface area contributed by atoms with Crippen LogP contribution in [0.2, 0.25) is 0 Å². The number of hydrogen-bond acceptors (Lipinski definition) is 4. The van der Waals surface area contributed by atoms with Crippen LogP contribution in [0.4, 0.5) is 0 Å². The predicted molar refractivity (Wildman–Crippen MR) is 115 cm³/mol. The molecule has 2 rings (SSSR count). The van der Waals surface area contributed by atoms with E-state index in [1.807, 2.05) is 12.1 Å². The van der Waals surface area contributed by atoms with Crippen LogP contribution in [-0.4, -0.2) is 32.3 Å². The van der Waals surface area contributed by atoms with Gasteiger partial charge < -0.3 is 25.2 Å². The Morgan fingerprint density at radius 2 is 1.62 bits per heavy atom. The molecule has 0 fully saturated rings. The molecule has 0 unspecified atom stereocenters. The van der Waals surface area contributed by atoms with Crippen molar-refractivity contribution in [3.63, 3.8) is 0 Å². The SMILES string of the molecule is CN=C(NCc1cc(OC)c(O)c(OC)c1)NCc1ccccc1C.I. The molecule has 0 spiro atoms. The molecule has 0 radical (unpaired) electrons. The lowest BCUT2D eigenvalue weighted by molar-refractivity contribution is 0.339. The van der Waals surface area contributed by atoms with Crippen molar-refractivity contribution in [3.8, 4) is 17.2 Å². The van der Waals surface area contributed by atoms with Gasteiger partial charge in [0.05, 0.1) is 14.2 Å². The van der Waals surface area contributed by atoms with Crippen molar-refractivity contribution in [2.75, 3.05) is 21.3 Å². The molecular weight excluding hydrogens is 445 g/mol. The van der Waals surface area contributed by atoms with E-state index in [2.05, 4.69) is 34.7 Å². The van der Waals surface area contributed by atoms with Gasteiger partial charge in [-0.05, 0) is 35.7 Å². The van der Waals surface area contributed by atoms with E-state index in [0.717, 1.165) is 5.56 Å². The summed E-state index contributed by atoms with van der Waals surface area (Å²) in [5.74, 6) is 1.43. The highest BCUT2D eigenvalue weighted by atomic mass is 127. The van der Waals surface area contributed by atoms with E-state index in [9.17, 15) is 5.11 Å². The number of phenolic OH excluding ortho intramolecular Hbond substituents is 1. The molecule has 3 N–H and O–H groups in total. The third-order valence-electron chi connectivity index (χ3n) is 3.93. The van der Waals surface area contributed by atoms with Crippen LogP contribution >= 0.6 is 24.0 Å². The molecule has 0 aliphatic heterocycles. The Hall–Kier alpha value is -2.16. The minimum atomic E-state index is -0.00388. The first kappa shape index (κ1) is 21.9. The third-order valence-corrected chi connectivity index (χ3v) is 3.93. The zero-order valence-electron chi connectivity index (χ0n) is 15.5. The number of benzene rings is 2. The largest absolute Gasteiger partial charge is 0.502 e. The standard InChI is InChI=1S/C19H25N3O3.HI/c1-13-7-5-6-8-15(13)12-22-19(20-2)21-11-14-9-16(24-3)18(23)17(10-14)25-4;/h5-10,23H,11-12H2,1-4H3,(H2,20,21,22);1H. The molecule has 0 aliphatic rings. The maximum atomic E-state index is 9.97. The first-order valence-electron chi connectivity index (χ1n) is 8.02. The molecule has 0 aromatic heterocycles. The number of nitrogens with zero attached hydrogens (tertiary/aromatic N) is 1. The summed E-state index contributed by atoms with van der Waals surface area (Å²) in [6.07, 6.45) is 0. The van der Waals surface area contributed by atoms with Crippen molar-refractivity contribution >= 4 is 29.9 Å². The van der Waals surface area contributed by atoms with Crippen molar-refractivity contribution in [2.45, 2.75) is 20.0 Å². The van der Waals surface area contributed by atoms with Gasteiger partial charge in [-0.15, -0.1) is 24.0 Å². The van der Waals surface area contributed by atoms with E-state index in [4.69, 9.17) is 9.47 Å². The average molecular weight is 471 g/mol. The summed E-state index contributed by atoms with van der Waals surface area (Å²) in [5, 5.41) is 16.5. The first-order chi connectivity index (χ1) is 12.1. The van der Waals surface area contributed by atoms with Gasteiger partial charge >= 0.3 is 0 Å². The van der Waals surface area contributed by atoms with Gasteiger partial charge in [-0.1, -0.05) is 24.3 Å². The monoisotopic (exact) mass is 471 g/mol. The van der Waals surface area contributed by atoms with Crippen LogP contribution in [0.15, 0.2) is 41.4 Å². The van der Waals surface area contributed by atoms with Gasteiger partial charge in [0.2, 0.25) is 5.75 Å². The van der Waals surface area contributed by atoms with Crippen molar-refractivity contribution in [1.29, 1.82) is 0 Å². The Morgan fingerprint density at radius 3 is 2.15 bits per heavy atom. The number of aromatic hydroxyl groups is 1. The molecule has 2 aromatic rings. The molecule has 0 amide bonds. The molecule has 142 valence electrons. The third kappa shape index (κ3) is 5.69. The number of phenols is 1. The van der Waals surface area contributed by atoms with Gasteiger partial charge in [0, 0.05) is 20.1 Å². The quantitative estimate of drug-likeness (QED) is 0.343. The normalized spacial score (nSPS) is 10.7. The fourth-order valence-corrected chi connectivity index (χ4v) is 2.44. The van der Waals surface area contributed by atoms with Crippen molar-refractivity contribution in [3.05, 3.63) is 53.1 Å². The Bertz CT molecular complexity index is 726. The minimum absolute atomic E-state index is 0. The second kappa shape index (κ2) is 10.7. The minimum Gasteiger partial charge on any atom is -0.502 e. The summed E-state index contributed by atoms with van der Waals surface area (Å²) in [7, 11) is 4.74. The van der Waals surface area contributed by atoms with Crippen LogP contribution < -0.4 is 20.1 Å². The number of guanidine groups is 1. The zero-order valence-corrected chi connectivity index (χ0v) is 17.8. The van der Waals surface area contributed by atoms with E-state index in [-0.39, 0.29) is 29.7 Å². The summed E-state index contributed by atoms with van der Waals surface area (Å²) in [6.45, 7) is 3.29. The van der Waals surface area contributed by atoms with Crippen molar-refractivity contribution in [1.82, 2.24) is 10.6 Å². The molecule has 6 nitrogen and oxygen atoms in total. The van der Waals surface area contributed by atoms with E-state index in [0.29, 0.717) is 30.5 Å². The maximum Gasteiger partial charge on any atom is 0.200 e. The van der Waals surface area contributed by atoms with Crippen LogP contribution in [0, 0.1) is 6.92 Å². The molecule has 0 atom stereocenters.